The van der Waals surface area contributed by atoms with Crippen LogP contribution >= 0.6 is 23.1 Å². The number of hydrogen-bond donors (Lipinski definition) is 2. The van der Waals surface area contributed by atoms with Gasteiger partial charge in [-0.1, -0.05) is 23.1 Å². The van der Waals surface area contributed by atoms with Crippen molar-refractivity contribution in [2.45, 2.75) is 23.6 Å². The third kappa shape index (κ3) is 7.02. The summed E-state index contributed by atoms with van der Waals surface area (Å²) in [6.45, 7) is 1.68. The van der Waals surface area contributed by atoms with Crippen LogP contribution in [-0.4, -0.2) is 58.6 Å². The lowest BCUT2D eigenvalue weighted by atomic mass is 10.1. The van der Waals surface area contributed by atoms with Gasteiger partial charge in [0, 0.05) is 13.1 Å². The first-order valence-corrected chi connectivity index (χ1v) is 10.9. The van der Waals surface area contributed by atoms with Crippen molar-refractivity contribution in [1.82, 2.24) is 20.5 Å². The first kappa shape index (κ1) is 21.1. The van der Waals surface area contributed by atoms with Gasteiger partial charge in [-0.05, 0) is 49.1 Å². The molecule has 29 heavy (non-hydrogen) atoms. The standard InChI is InChI=1S/C18H22N6O3S2/c19-17-22-23-18(29-17)28-12-15(25)21-20-10-13-4-6-14(7-5-13)27-11-16(26)24-8-2-1-3-9-24/h4-7,10H,1-3,8-9,11-12H2,(H2,19,22)(H,21,25). The maximum atomic E-state index is 12.1. The highest BCUT2D eigenvalue weighted by Crippen LogP contribution is 2.22. The fraction of sp³-hybridized carbons (Fsp3) is 0.389. The molecule has 2 aromatic rings. The number of ether oxygens (including phenoxy) is 1. The first-order chi connectivity index (χ1) is 14.1. The van der Waals surface area contributed by atoms with Crippen LogP contribution in [0.3, 0.4) is 0 Å². The van der Waals surface area contributed by atoms with E-state index in [4.69, 9.17) is 10.5 Å². The molecular weight excluding hydrogens is 412 g/mol. The number of nitrogens with one attached hydrogen (secondary N) is 1. The molecule has 3 N–H and O–H groups in total. The monoisotopic (exact) mass is 434 g/mol. The molecule has 0 saturated carbocycles. The molecular formula is C18H22N6O3S2. The summed E-state index contributed by atoms with van der Waals surface area (Å²) in [4.78, 5) is 25.7. The number of aromatic nitrogens is 2. The van der Waals surface area contributed by atoms with E-state index in [1.165, 1.54) is 35.7 Å². The molecule has 0 spiro atoms. The average molecular weight is 435 g/mol. The maximum absolute atomic E-state index is 12.1. The van der Waals surface area contributed by atoms with E-state index < -0.39 is 0 Å². The molecule has 0 radical (unpaired) electrons. The number of thioether (sulfide) groups is 1. The number of benzene rings is 1. The molecule has 11 heteroatoms. The fourth-order valence-corrected chi connectivity index (χ4v) is 4.08. The Balaban J connectivity index is 1.37. The quantitative estimate of drug-likeness (QED) is 0.369. The van der Waals surface area contributed by atoms with E-state index in [0.717, 1.165) is 31.5 Å². The van der Waals surface area contributed by atoms with Crippen LogP contribution in [0, 0.1) is 0 Å². The number of nitrogens with two attached hydrogens (primary N) is 1. The van der Waals surface area contributed by atoms with Crippen LogP contribution < -0.4 is 15.9 Å². The van der Waals surface area contributed by atoms with E-state index >= 15 is 0 Å². The van der Waals surface area contributed by atoms with Crippen molar-refractivity contribution in [2.24, 2.45) is 5.10 Å². The highest BCUT2D eigenvalue weighted by Gasteiger charge is 2.16. The lowest BCUT2D eigenvalue weighted by molar-refractivity contribution is -0.134. The Labute approximate surface area is 176 Å². The Bertz CT molecular complexity index is 850. The van der Waals surface area contributed by atoms with Gasteiger partial charge in [-0.25, -0.2) is 5.43 Å². The summed E-state index contributed by atoms with van der Waals surface area (Å²) >= 11 is 2.48. The molecule has 1 aromatic carbocycles. The normalized spacial score (nSPS) is 14.1. The minimum Gasteiger partial charge on any atom is -0.484 e. The minimum atomic E-state index is -0.254. The lowest BCUT2D eigenvalue weighted by Crippen LogP contribution is -2.38. The van der Waals surface area contributed by atoms with Crippen LogP contribution in [-0.2, 0) is 9.59 Å². The van der Waals surface area contributed by atoms with Crippen molar-refractivity contribution in [3.63, 3.8) is 0 Å². The van der Waals surface area contributed by atoms with Crippen molar-refractivity contribution in [1.29, 1.82) is 0 Å². The Morgan fingerprint density at radius 1 is 1.24 bits per heavy atom. The summed E-state index contributed by atoms with van der Waals surface area (Å²) in [5, 5.41) is 11.8. The number of amides is 2. The van der Waals surface area contributed by atoms with Gasteiger partial charge >= 0.3 is 0 Å². The molecule has 0 atom stereocenters. The summed E-state index contributed by atoms with van der Waals surface area (Å²) in [6, 6.07) is 7.13. The van der Waals surface area contributed by atoms with Crippen molar-refractivity contribution in [3.05, 3.63) is 29.8 Å². The van der Waals surface area contributed by atoms with Crippen LogP contribution in [0.2, 0.25) is 0 Å². The Hall–Kier alpha value is -2.66. The topological polar surface area (TPSA) is 123 Å². The van der Waals surface area contributed by atoms with Crippen molar-refractivity contribution in [2.75, 3.05) is 31.2 Å². The molecule has 2 heterocycles. The first-order valence-electron chi connectivity index (χ1n) is 9.14. The second-order valence-electron chi connectivity index (χ2n) is 6.29. The van der Waals surface area contributed by atoms with Gasteiger partial charge in [0.2, 0.25) is 5.13 Å². The third-order valence-corrected chi connectivity index (χ3v) is 5.99. The van der Waals surface area contributed by atoms with E-state index in [0.29, 0.717) is 15.2 Å². The van der Waals surface area contributed by atoms with Gasteiger partial charge in [-0.15, -0.1) is 10.2 Å². The predicted octanol–water partition coefficient (Wildman–Crippen LogP) is 1.75. The largest absolute Gasteiger partial charge is 0.484 e. The highest BCUT2D eigenvalue weighted by atomic mass is 32.2. The van der Waals surface area contributed by atoms with Gasteiger partial charge in [0.05, 0.1) is 12.0 Å². The number of likely N-dealkylation sites (tertiary alicyclic amines) is 1. The molecule has 154 valence electrons. The zero-order valence-electron chi connectivity index (χ0n) is 15.7. The van der Waals surface area contributed by atoms with Crippen LogP contribution in [0.5, 0.6) is 5.75 Å². The van der Waals surface area contributed by atoms with E-state index in [9.17, 15) is 9.59 Å². The van der Waals surface area contributed by atoms with E-state index in [2.05, 4.69) is 20.7 Å². The molecule has 3 rings (SSSR count). The molecule has 1 aliphatic heterocycles. The summed E-state index contributed by atoms with van der Waals surface area (Å²) in [6.07, 6.45) is 4.84. The number of nitrogen functional groups attached to an aromatic ring is 1. The lowest BCUT2D eigenvalue weighted by Gasteiger charge is -2.26. The van der Waals surface area contributed by atoms with Crippen LogP contribution in [0.1, 0.15) is 24.8 Å². The van der Waals surface area contributed by atoms with Crippen LogP contribution in [0.4, 0.5) is 5.13 Å². The number of nitrogens with zero attached hydrogens (tertiary/aromatic N) is 4. The third-order valence-electron chi connectivity index (χ3n) is 4.10. The fourth-order valence-electron chi connectivity index (χ4n) is 2.65. The van der Waals surface area contributed by atoms with Crippen molar-refractivity contribution >= 4 is 46.3 Å². The molecule has 1 saturated heterocycles. The summed E-state index contributed by atoms with van der Waals surface area (Å²) < 4.78 is 6.20. The zero-order valence-corrected chi connectivity index (χ0v) is 17.4. The average Bonchev–Trinajstić information content (AvgIpc) is 3.17. The molecule has 1 fully saturated rings. The molecule has 9 nitrogen and oxygen atoms in total. The number of carbonyl (C=O) groups excluding carboxylic acids is 2. The van der Waals surface area contributed by atoms with Gasteiger partial charge in [0.15, 0.2) is 10.9 Å². The summed E-state index contributed by atoms with van der Waals surface area (Å²) in [7, 11) is 0. The Morgan fingerprint density at radius 3 is 2.69 bits per heavy atom. The molecule has 0 aliphatic carbocycles. The van der Waals surface area contributed by atoms with E-state index in [1.807, 2.05) is 4.90 Å². The van der Waals surface area contributed by atoms with Crippen LogP contribution in [0.25, 0.3) is 0 Å². The molecule has 0 bridgehead atoms. The number of rotatable bonds is 8. The van der Waals surface area contributed by atoms with Gasteiger partial charge in [-0.3, -0.25) is 9.59 Å². The highest BCUT2D eigenvalue weighted by molar-refractivity contribution is 8.01. The van der Waals surface area contributed by atoms with Gasteiger partial charge in [0.25, 0.3) is 11.8 Å². The smallest absolute Gasteiger partial charge is 0.260 e. The van der Waals surface area contributed by atoms with Crippen LogP contribution in [0.15, 0.2) is 33.7 Å². The second-order valence-corrected chi connectivity index (χ2v) is 8.52. The van der Waals surface area contributed by atoms with Gasteiger partial charge in [-0.2, -0.15) is 5.10 Å². The van der Waals surface area contributed by atoms with Gasteiger partial charge in [0.1, 0.15) is 5.75 Å². The molecule has 2 amide bonds. The number of hydrazone groups is 1. The second kappa shape index (κ2) is 10.8. The molecule has 1 aromatic heterocycles. The van der Waals surface area contributed by atoms with E-state index in [-0.39, 0.29) is 24.2 Å². The van der Waals surface area contributed by atoms with Gasteiger partial charge < -0.3 is 15.4 Å². The SMILES string of the molecule is Nc1nnc(SCC(=O)NN=Cc2ccc(OCC(=O)N3CCCCC3)cc2)s1. The number of hydrogen-bond acceptors (Lipinski definition) is 9. The zero-order chi connectivity index (χ0) is 20.5. The summed E-state index contributed by atoms with van der Waals surface area (Å²) in [5.41, 5.74) is 8.74. The van der Waals surface area contributed by atoms with Crippen molar-refractivity contribution < 1.29 is 14.3 Å². The Kier molecular flexibility index (Phi) is 7.82. The van der Waals surface area contributed by atoms with E-state index in [1.54, 1.807) is 24.3 Å². The van der Waals surface area contributed by atoms with Crippen molar-refractivity contribution in [3.8, 4) is 5.75 Å². The molecule has 1 aliphatic rings. The maximum Gasteiger partial charge on any atom is 0.260 e. The minimum absolute atomic E-state index is 0.0205. The molecule has 0 unspecified atom stereocenters. The number of anilines is 1. The Morgan fingerprint density at radius 2 is 2.00 bits per heavy atom. The number of piperidine rings is 1. The number of carbonyl (C=O) groups is 2. The predicted molar refractivity (Wildman–Crippen MR) is 113 cm³/mol. The summed E-state index contributed by atoms with van der Waals surface area (Å²) in [5.74, 6) is 0.552.